The zero-order valence-electron chi connectivity index (χ0n) is 9.88. The average molecular weight is 288 g/mol. The van der Waals surface area contributed by atoms with E-state index in [1.165, 1.54) is 11.3 Å². The lowest BCUT2D eigenvalue weighted by Crippen LogP contribution is -1.85. The highest BCUT2D eigenvalue weighted by molar-refractivity contribution is 7.19. The minimum absolute atomic E-state index is 0.529. The molecular formula is C14H10ClN3S. The van der Waals surface area contributed by atoms with Crippen molar-refractivity contribution in [2.24, 2.45) is 0 Å². The molecule has 0 fully saturated rings. The summed E-state index contributed by atoms with van der Waals surface area (Å²) in [4.78, 5) is 9.41. The number of nitrogen functional groups attached to an aromatic ring is 1. The number of hydrogen-bond acceptors (Lipinski definition) is 4. The van der Waals surface area contributed by atoms with Crippen molar-refractivity contribution in [1.29, 1.82) is 0 Å². The lowest BCUT2D eigenvalue weighted by Gasteiger charge is -2.04. The normalized spacial score (nSPS) is 10.6. The molecule has 0 radical (unpaired) electrons. The molecule has 0 saturated heterocycles. The lowest BCUT2D eigenvalue weighted by molar-refractivity contribution is 1.31. The van der Waals surface area contributed by atoms with Gasteiger partial charge in [-0.2, -0.15) is 0 Å². The van der Waals surface area contributed by atoms with Crippen LogP contribution in [0.25, 0.3) is 21.7 Å². The minimum atomic E-state index is 0.529. The summed E-state index contributed by atoms with van der Waals surface area (Å²) in [6.45, 7) is 0. The van der Waals surface area contributed by atoms with Crippen molar-refractivity contribution in [2.75, 3.05) is 5.73 Å². The molecule has 3 rings (SSSR count). The number of hydrogen-bond donors (Lipinski definition) is 1. The maximum Gasteiger partial charge on any atom is 0.181 e. The summed E-state index contributed by atoms with van der Waals surface area (Å²) >= 11 is 7.69. The van der Waals surface area contributed by atoms with Crippen LogP contribution in [0.5, 0.6) is 0 Å². The molecule has 0 aliphatic carbocycles. The number of nitrogens with zero attached hydrogens (tertiary/aromatic N) is 2. The summed E-state index contributed by atoms with van der Waals surface area (Å²) in [7, 11) is 0. The van der Waals surface area contributed by atoms with Gasteiger partial charge in [0.1, 0.15) is 0 Å². The average Bonchev–Trinajstić information content (AvgIpc) is 2.82. The van der Waals surface area contributed by atoms with Crippen LogP contribution in [0.1, 0.15) is 0 Å². The smallest absolute Gasteiger partial charge is 0.181 e. The summed E-state index contributed by atoms with van der Waals surface area (Å²) in [5.74, 6) is 0. The Bertz CT molecular complexity index is 710. The zero-order valence-corrected chi connectivity index (χ0v) is 11.4. The second-order valence-corrected chi connectivity index (χ2v) is 5.38. The Labute approximate surface area is 119 Å². The first-order valence-electron chi connectivity index (χ1n) is 5.67. The molecule has 5 heteroatoms. The number of pyridine rings is 1. The highest BCUT2D eigenvalue weighted by Gasteiger charge is 2.15. The van der Waals surface area contributed by atoms with Gasteiger partial charge in [-0.3, -0.25) is 4.98 Å². The van der Waals surface area contributed by atoms with Gasteiger partial charge in [-0.25, -0.2) is 4.98 Å². The van der Waals surface area contributed by atoms with E-state index in [0.29, 0.717) is 10.2 Å². The molecule has 0 aliphatic heterocycles. The van der Waals surface area contributed by atoms with Gasteiger partial charge in [0.15, 0.2) is 5.13 Å². The third-order valence-electron chi connectivity index (χ3n) is 2.72. The van der Waals surface area contributed by atoms with E-state index in [1.54, 1.807) is 12.4 Å². The molecule has 0 amide bonds. The predicted molar refractivity (Wildman–Crippen MR) is 80.2 cm³/mol. The summed E-state index contributed by atoms with van der Waals surface area (Å²) < 4.78 is 0. The second kappa shape index (κ2) is 4.99. The highest BCUT2D eigenvalue weighted by Crippen LogP contribution is 2.40. The van der Waals surface area contributed by atoms with E-state index >= 15 is 0 Å². The third-order valence-corrected chi connectivity index (χ3v) is 3.96. The SMILES string of the molecule is Nc1nc(-c2ccncc2)c(-c2ccccc2Cl)s1. The van der Waals surface area contributed by atoms with Crippen LogP contribution in [0.3, 0.4) is 0 Å². The maximum atomic E-state index is 6.25. The van der Waals surface area contributed by atoms with Crippen LogP contribution in [-0.4, -0.2) is 9.97 Å². The molecule has 2 heterocycles. The lowest BCUT2D eigenvalue weighted by atomic mass is 10.1. The molecule has 0 aliphatic rings. The molecule has 1 aromatic carbocycles. The van der Waals surface area contributed by atoms with Crippen LogP contribution in [0.2, 0.25) is 5.02 Å². The Morgan fingerprint density at radius 3 is 2.53 bits per heavy atom. The van der Waals surface area contributed by atoms with Gasteiger partial charge in [-0.1, -0.05) is 41.1 Å². The second-order valence-electron chi connectivity index (χ2n) is 3.95. The molecular weight excluding hydrogens is 278 g/mol. The van der Waals surface area contributed by atoms with Crippen LogP contribution in [-0.2, 0) is 0 Å². The molecule has 3 nitrogen and oxygen atoms in total. The molecule has 94 valence electrons. The fourth-order valence-electron chi connectivity index (χ4n) is 1.87. The molecule has 19 heavy (non-hydrogen) atoms. The Hall–Kier alpha value is -1.91. The van der Waals surface area contributed by atoms with Gasteiger partial charge in [0.25, 0.3) is 0 Å². The molecule has 0 unspecified atom stereocenters. The molecule has 0 saturated carbocycles. The van der Waals surface area contributed by atoms with E-state index < -0.39 is 0 Å². The van der Waals surface area contributed by atoms with E-state index in [1.807, 2.05) is 36.4 Å². The number of anilines is 1. The van der Waals surface area contributed by atoms with Crippen LogP contribution < -0.4 is 5.73 Å². The first kappa shape index (κ1) is 12.1. The summed E-state index contributed by atoms with van der Waals surface area (Å²) in [6.07, 6.45) is 3.47. The van der Waals surface area contributed by atoms with Crippen molar-refractivity contribution in [3.63, 3.8) is 0 Å². The number of thiazole rings is 1. The summed E-state index contributed by atoms with van der Waals surface area (Å²) in [5.41, 5.74) is 8.63. The quantitative estimate of drug-likeness (QED) is 0.772. The number of rotatable bonds is 2. The largest absolute Gasteiger partial charge is 0.375 e. The van der Waals surface area contributed by atoms with E-state index in [2.05, 4.69) is 9.97 Å². The molecule has 3 aromatic rings. The van der Waals surface area contributed by atoms with Gasteiger partial charge in [-0.05, 0) is 18.2 Å². The van der Waals surface area contributed by atoms with Gasteiger partial charge < -0.3 is 5.73 Å². The maximum absolute atomic E-state index is 6.25. The van der Waals surface area contributed by atoms with Crippen molar-refractivity contribution in [1.82, 2.24) is 9.97 Å². The topological polar surface area (TPSA) is 51.8 Å². The minimum Gasteiger partial charge on any atom is -0.375 e. The monoisotopic (exact) mass is 287 g/mol. The summed E-state index contributed by atoms with van der Waals surface area (Å²) in [5, 5.41) is 1.23. The van der Waals surface area contributed by atoms with E-state index in [4.69, 9.17) is 17.3 Å². The third kappa shape index (κ3) is 2.32. The van der Waals surface area contributed by atoms with Crippen LogP contribution in [0, 0.1) is 0 Å². The summed E-state index contributed by atoms with van der Waals surface area (Å²) in [6, 6.07) is 11.5. The standard InChI is InChI=1S/C14H10ClN3S/c15-11-4-2-1-3-10(11)13-12(18-14(16)19-13)9-5-7-17-8-6-9/h1-8H,(H2,16,18). The number of benzene rings is 1. The van der Waals surface area contributed by atoms with E-state index in [9.17, 15) is 0 Å². The number of nitrogens with two attached hydrogens (primary N) is 1. The Morgan fingerprint density at radius 1 is 1.05 bits per heavy atom. The fraction of sp³-hybridized carbons (Fsp3) is 0. The van der Waals surface area contributed by atoms with Crippen LogP contribution in [0.15, 0.2) is 48.8 Å². The molecule has 0 spiro atoms. The fourth-order valence-corrected chi connectivity index (χ4v) is 3.05. The first-order valence-corrected chi connectivity index (χ1v) is 6.87. The van der Waals surface area contributed by atoms with Gasteiger partial charge in [0.2, 0.25) is 0 Å². The van der Waals surface area contributed by atoms with Gasteiger partial charge in [0.05, 0.1) is 10.6 Å². The van der Waals surface area contributed by atoms with Gasteiger partial charge in [0, 0.05) is 28.5 Å². The van der Waals surface area contributed by atoms with Crippen molar-refractivity contribution in [2.45, 2.75) is 0 Å². The molecule has 0 atom stereocenters. The van der Waals surface area contributed by atoms with Gasteiger partial charge >= 0.3 is 0 Å². The molecule has 2 N–H and O–H groups in total. The molecule has 0 bridgehead atoms. The number of halogens is 1. The first-order chi connectivity index (χ1) is 9.25. The molecule has 2 aromatic heterocycles. The van der Waals surface area contributed by atoms with Crippen LogP contribution >= 0.6 is 22.9 Å². The Balaban J connectivity index is 2.21. The van der Waals surface area contributed by atoms with Crippen molar-refractivity contribution in [3.8, 4) is 21.7 Å². The van der Waals surface area contributed by atoms with Crippen LogP contribution in [0.4, 0.5) is 5.13 Å². The predicted octanol–water partition coefficient (Wildman–Crippen LogP) is 4.11. The Morgan fingerprint density at radius 2 is 1.79 bits per heavy atom. The Kier molecular flexibility index (Phi) is 3.19. The number of aromatic nitrogens is 2. The van der Waals surface area contributed by atoms with Crippen molar-refractivity contribution < 1.29 is 0 Å². The zero-order chi connectivity index (χ0) is 13.2. The van der Waals surface area contributed by atoms with Crippen molar-refractivity contribution >= 4 is 28.1 Å². The van der Waals surface area contributed by atoms with E-state index in [-0.39, 0.29) is 0 Å². The van der Waals surface area contributed by atoms with Gasteiger partial charge in [-0.15, -0.1) is 0 Å². The van der Waals surface area contributed by atoms with E-state index in [0.717, 1.165) is 21.7 Å². The highest BCUT2D eigenvalue weighted by atomic mass is 35.5. The van der Waals surface area contributed by atoms with Crippen molar-refractivity contribution in [3.05, 3.63) is 53.8 Å².